The van der Waals surface area contributed by atoms with E-state index in [0.717, 1.165) is 16.7 Å². The molecule has 0 aliphatic carbocycles. The van der Waals surface area contributed by atoms with Crippen molar-refractivity contribution in [3.63, 3.8) is 0 Å². The van der Waals surface area contributed by atoms with Crippen LogP contribution in [0.1, 0.15) is 11.3 Å². The smallest absolute Gasteiger partial charge is 0.336 e. The average Bonchev–Trinajstić information content (AvgIpc) is 3.14. The summed E-state index contributed by atoms with van der Waals surface area (Å²) >= 11 is 0. The summed E-state index contributed by atoms with van der Waals surface area (Å²) < 4.78 is 17.8. The first-order chi connectivity index (χ1) is 13.2. The normalized spacial score (nSPS) is 10.9. The molecule has 4 aromatic rings. The number of rotatable bonds is 6. The molecule has 2 aromatic carbocycles. The Morgan fingerprint density at radius 3 is 2.63 bits per heavy atom. The fraction of sp³-hybridized carbons (Fsp3) is 0.150. The lowest BCUT2D eigenvalue weighted by molar-refractivity contribution is 0.301. The van der Waals surface area contributed by atoms with Crippen molar-refractivity contribution in [3.05, 3.63) is 82.5 Å². The van der Waals surface area contributed by atoms with E-state index in [9.17, 15) is 4.79 Å². The van der Waals surface area contributed by atoms with Gasteiger partial charge in [0, 0.05) is 17.5 Å². The highest BCUT2D eigenvalue weighted by Crippen LogP contribution is 2.20. The van der Waals surface area contributed by atoms with Crippen LogP contribution < -0.4 is 15.1 Å². The fourth-order valence-corrected chi connectivity index (χ4v) is 2.69. The van der Waals surface area contributed by atoms with Gasteiger partial charge in [-0.2, -0.15) is 0 Å². The van der Waals surface area contributed by atoms with Crippen molar-refractivity contribution in [2.75, 3.05) is 7.11 Å². The Kier molecular flexibility index (Phi) is 4.57. The molecular formula is C20H17N3O4. The zero-order chi connectivity index (χ0) is 18.6. The molecule has 0 saturated carbocycles. The third-order valence-corrected chi connectivity index (χ3v) is 4.07. The number of aromatic nitrogens is 3. The van der Waals surface area contributed by atoms with Crippen LogP contribution in [-0.4, -0.2) is 22.1 Å². The minimum absolute atomic E-state index is 0.269. The van der Waals surface area contributed by atoms with Crippen LogP contribution in [0.2, 0.25) is 0 Å². The summed E-state index contributed by atoms with van der Waals surface area (Å²) in [5.41, 5.74) is 1.90. The first kappa shape index (κ1) is 16.8. The van der Waals surface area contributed by atoms with Crippen LogP contribution in [0.15, 0.2) is 70.0 Å². The molecule has 0 amide bonds. The number of ether oxygens (including phenoxy) is 2. The summed E-state index contributed by atoms with van der Waals surface area (Å²) in [5, 5.41) is 9.09. The van der Waals surface area contributed by atoms with E-state index in [1.807, 2.05) is 42.6 Å². The third kappa shape index (κ3) is 3.98. The van der Waals surface area contributed by atoms with Gasteiger partial charge in [0.1, 0.15) is 29.4 Å². The van der Waals surface area contributed by atoms with Crippen LogP contribution in [0.25, 0.3) is 11.0 Å². The summed E-state index contributed by atoms with van der Waals surface area (Å²) in [6.45, 7) is 0.878. The van der Waals surface area contributed by atoms with Gasteiger partial charge in [-0.05, 0) is 35.9 Å². The molecule has 0 saturated heterocycles. The quantitative estimate of drug-likeness (QED) is 0.490. The second-order valence-electron chi connectivity index (χ2n) is 6.00. The average molecular weight is 363 g/mol. The Morgan fingerprint density at radius 2 is 1.81 bits per heavy atom. The Labute approximate surface area is 154 Å². The van der Waals surface area contributed by atoms with Gasteiger partial charge in [0.05, 0.1) is 19.9 Å². The molecule has 0 spiro atoms. The van der Waals surface area contributed by atoms with Gasteiger partial charge in [-0.1, -0.05) is 17.3 Å². The van der Waals surface area contributed by atoms with Crippen LogP contribution >= 0.6 is 0 Å². The van der Waals surface area contributed by atoms with E-state index in [1.54, 1.807) is 23.9 Å². The number of hydrogen-bond donors (Lipinski definition) is 0. The number of nitrogens with zero attached hydrogens (tertiary/aromatic N) is 3. The minimum atomic E-state index is -0.388. The van der Waals surface area contributed by atoms with Crippen LogP contribution in [0.4, 0.5) is 0 Å². The van der Waals surface area contributed by atoms with Crippen molar-refractivity contribution in [1.29, 1.82) is 0 Å². The predicted molar refractivity (Wildman–Crippen MR) is 98.9 cm³/mol. The molecule has 7 heteroatoms. The molecule has 2 heterocycles. The second-order valence-corrected chi connectivity index (χ2v) is 6.00. The van der Waals surface area contributed by atoms with Gasteiger partial charge in [0.25, 0.3) is 0 Å². The highest BCUT2D eigenvalue weighted by molar-refractivity contribution is 5.77. The SMILES string of the molecule is COc1ccc(Cn2cc(COc3ccc4ccc(=O)oc4c3)nn2)cc1. The Balaban J connectivity index is 1.41. The van der Waals surface area contributed by atoms with Crippen molar-refractivity contribution >= 4 is 11.0 Å². The zero-order valence-electron chi connectivity index (χ0n) is 14.7. The molecule has 7 nitrogen and oxygen atoms in total. The van der Waals surface area contributed by atoms with Crippen LogP contribution in [0, 0.1) is 0 Å². The van der Waals surface area contributed by atoms with E-state index >= 15 is 0 Å². The first-order valence-corrected chi connectivity index (χ1v) is 8.38. The Morgan fingerprint density at radius 1 is 1.04 bits per heavy atom. The fourth-order valence-electron chi connectivity index (χ4n) is 2.69. The monoisotopic (exact) mass is 363 g/mol. The summed E-state index contributed by atoms with van der Waals surface area (Å²) in [6.07, 6.45) is 1.84. The van der Waals surface area contributed by atoms with Crippen molar-refractivity contribution in [2.45, 2.75) is 13.2 Å². The van der Waals surface area contributed by atoms with Crippen molar-refractivity contribution in [2.24, 2.45) is 0 Å². The maximum absolute atomic E-state index is 11.3. The lowest BCUT2D eigenvalue weighted by Gasteiger charge is -2.05. The predicted octanol–water partition coefficient (Wildman–Crippen LogP) is 3.02. The molecule has 0 N–H and O–H groups in total. The molecule has 0 unspecified atom stereocenters. The summed E-state index contributed by atoms with van der Waals surface area (Å²) in [7, 11) is 1.64. The topological polar surface area (TPSA) is 79.4 Å². The van der Waals surface area contributed by atoms with E-state index in [2.05, 4.69) is 10.3 Å². The van der Waals surface area contributed by atoms with E-state index in [4.69, 9.17) is 13.9 Å². The van der Waals surface area contributed by atoms with Crippen LogP contribution in [-0.2, 0) is 13.2 Å². The van der Waals surface area contributed by atoms with Gasteiger partial charge < -0.3 is 13.9 Å². The first-order valence-electron chi connectivity index (χ1n) is 8.38. The molecule has 0 aliphatic heterocycles. The minimum Gasteiger partial charge on any atom is -0.497 e. The van der Waals surface area contributed by atoms with Gasteiger partial charge >= 0.3 is 5.63 Å². The maximum atomic E-state index is 11.3. The summed E-state index contributed by atoms with van der Waals surface area (Å²) in [6, 6.07) is 16.3. The summed E-state index contributed by atoms with van der Waals surface area (Å²) in [4.78, 5) is 11.3. The highest BCUT2D eigenvalue weighted by atomic mass is 16.5. The Hall–Kier alpha value is -3.61. The number of fused-ring (bicyclic) bond motifs is 1. The van der Waals surface area contributed by atoms with E-state index in [-0.39, 0.29) is 12.2 Å². The molecule has 136 valence electrons. The zero-order valence-corrected chi connectivity index (χ0v) is 14.7. The lowest BCUT2D eigenvalue weighted by atomic mass is 10.2. The summed E-state index contributed by atoms with van der Waals surface area (Å²) in [5.74, 6) is 1.42. The molecule has 27 heavy (non-hydrogen) atoms. The van der Waals surface area contributed by atoms with Gasteiger partial charge in [-0.15, -0.1) is 5.10 Å². The van der Waals surface area contributed by atoms with E-state index in [1.165, 1.54) is 6.07 Å². The van der Waals surface area contributed by atoms with Gasteiger partial charge in [0.2, 0.25) is 0 Å². The van der Waals surface area contributed by atoms with Crippen LogP contribution in [0.5, 0.6) is 11.5 Å². The molecule has 0 atom stereocenters. The molecule has 4 rings (SSSR count). The second kappa shape index (κ2) is 7.33. The highest BCUT2D eigenvalue weighted by Gasteiger charge is 2.05. The largest absolute Gasteiger partial charge is 0.497 e. The number of benzene rings is 2. The Bertz CT molecular complexity index is 1120. The van der Waals surface area contributed by atoms with E-state index < -0.39 is 0 Å². The third-order valence-electron chi connectivity index (χ3n) is 4.07. The standard InChI is InChI=1S/C20H17N3O4/c1-25-17-6-2-14(3-7-17)11-23-12-16(21-22-23)13-26-18-8-4-15-5-9-20(24)27-19(15)10-18/h2-10,12H,11,13H2,1H3. The van der Waals surface area contributed by atoms with Crippen LogP contribution in [0.3, 0.4) is 0 Å². The van der Waals surface area contributed by atoms with Gasteiger partial charge in [-0.25, -0.2) is 9.48 Å². The van der Waals surface area contributed by atoms with Gasteiger partial charge in [0.15, 0.2) is 0 Å². The lowest BCUT2D eigenvalue weighted by Crippen LogP contribution is -2.00. The van der Waals surface area contributed by atoms with E-state index in [0.29, 0.717) is 23.6 Å². The van der Waals surface area contributed by atoms with Crippen molar-refractivity contribution < 1.29 is 13.9 Å². The molecular weight excluding hydrogens is 346 g/mol. The molecule has 0 radical (unpaired) electrons. The molecule has 0 aliphatic rings. The van der Waals surface area contributed by atoms with Crippen molar-refractivity contribution in [3.8, 4) is 11.5 Å². The molecule has 0 fully saturated rings. The number of methoxy groups -OCH3 is 1. The van der Waals surface area contributed by atoms with Crippen molar-refractivity contribution in [1.82, 2.24) is 15.0 Å². The maximum Gasteiger partial charge on any atom is 0.336 e. The molecule has 0 bridgehead atoms. The molecule has 2 aromatic heterocycles. The number of hydrogen-bond acceptors (Lipinski definition) is 6. The van der Waals surface area contributed by atoms with Gasteiger partial charge in [-0.3, -0.25) is 0 Å².